The molecular weight excluding hydrogens is 284 g/mol. The Hall–Kier alpha value is -1.87. The summed E-state index contributed by atoms with van der Waals surface area (Å²) in [5, 5.41) is 3.44. The maximum Gasteiger partial charge on any atom is 0.254 e. The first-order chi connectivity index (χ1) is 9.98. The Morgan fingerprint density at radius 3 is 2.62 bits per heavy atom. The van der Waals surface area contributed by atoms with Crippen molar-refractivity contribution in [2.24, 2.45) is 0 Å². The highest BCUT2D eigenvalue weighted by Crippen LogP contribution is 2.17. The van der Waals surface area contributed by atoms with E-state index in [1.54, 1.807) is 12.3 Å². The Bertz CT molecular complexity index is 611. The molecule has 0 bridgehead atoms. The van der Waals surface area contributed by atoms with Crippen molar-refractivity contribution in [3.63, 3.8) is 0 Å². The van der Waals surface area contributed by atoms with Crippen LogP contribution in [0, 0.1) is 0 Å². The number of hydrogen-bond donors (Lipinski definition) is 1. The fraction of sp³-hybridized carbons (Fsp3) is 0.294. The third kappa shape index (κ3) is 4.57. The molecule has 0 aliphatic rings. The largest absolute Gasteiger partial charge is 0.347 e. The van der Waals surface area contributed by atoms with Crippen molar-refractivity contribution in [3.05, 3.63) is 64.9 Å². The third-order valence-corrected chi connectivity index (χ3v) is 3.68. The van der Waals surface area contributed by atoms with Crippen LogP contribution in [0.3, 0.4) is 0 Å². The molecule has 3 nitrogen and oxygen atoms in total. The summed E-state index contributed by atoms with van der Waals surface area (Å²) in [5.41, 5.74) is 1.36. The first-order valence-corrected chi connectivity index (χ1v) is 7.32. The molecule has 0 fully saturated rings. The minimum Gasteiger partial charge on any atom is -0.347 e. The van der Waals surface area contributed by atoms with Gasteiger partial charge in [-0.25, -0.2) is 0 Å². The van der Waals surface area contributed by atoms with Gasteiger partial charge in [-0.15, -0.1) is 0 Å². The van der Waals surface area contributed by atoms with Gasteiger partial charge in [0.15, 0.2) is 0 Å². The van der Waals surface area contributed by atoms with E-state index in [0.717, 1.165) is 12.8 Å². The van der Waals surface area contributed by atoms with Gasteiger partial charge in [0.1, 0.15) is 0 Å². The third-order valence-electron chi connectivity index (χ3n) is 3.35. The first kappa shape index (κ1) is 15.5. The molecular formula is C17H19ClN2O. The van der Waals surface area contributed by atoms with E-state index in [9.17, 15) is 4.79 Å². The van der Waals surface area contributed by atoms with Crippen LogP contribution in [-0.2, 0) is 6.42 Å². The van der Waals surface area contributed by atoms with Crippen molar-refractivity contribution in [2.75, 3.05) is 0 Å². The Kier molecular flexibility index (Phi) is 4.97. The van der Waals surface area contributed by atoms with Crippen molar-refractivity contribution in [3.8, 4) is 0 Å². The van der Waals surface area contributed by atoms with E-state index in [2.05, 4.69) is 22.4 Å². The number of pyridine rings is 1. The summed E-state index contributed by atoms with van der Waals surface area (Å²) in [6, 6.07) is 11.9. The number of amides is 1. The molecule has 1 N–H and O–H groups in total. The zero-order valence-electron chi connectivity index (χ0n) is 12.3. The minimum absolute atomic E-state index is 0.189. The average Bonchev–Trinajstić information content (AvgIpc) is 2.46. The molecule has 1 amide bonds. The fourth-order valence-electron chi connectivity index (χ4n) is 2.08. The summed E-state index contributed by atoms with van der Waals surface area (Å²) >= 11 is 6.02. The maximum absolute atomic E-state index is 12.3. The van der Waals surface area contributed by atoms with E-state index >= 15 is 0 Å². The predicted molar refractivity (Wildman–Crippen MR) is 85.6 cm³/mol. The Balaban J connectivity index is 1.97. The Labute approximate surface area is 130 Å². The smallest absolute Gasteiger partial charge is 0.254 e. The number of halogens is 1. The lowest BCUT2D eigenvalue weighted by Crippen LogP contribution is -2.43. The van der Waals surface area contributed by atoms with Crippen LogP contribution < -0.4 is 5.32 Å². The van der Waals surface area contributed by atoms with Gasteiger partial charge in [0.25, 0.3) is 5.91 Å². The monoisotopic (exact) mass is 302 g/mol. The van der Waals surface area contributed by atoms with Gasteiger partial charge >= 0.3 is 0 Å². The summed E-state index contributed by atoms with van der Waals surface area (Å²) < 4.78 is 0. The second-order valence-corrected chi connectivity index (χ2v) is 6.09. The van der Waals surface area contributed by atoms with Crippen LogP contribution in [-0.4, -0.2) is 16.4 Å². The van der Waals surface area contributed by atoms with Crippen molar-refractivity contribution >= 4 is 17.5 Å². The number of benzene rings is 1. The molecule has 4 heteroatoms. The van der Waals surface area contributed by atoms with Gasteiger partial charge in [-0.05, 0) is 38.3 Å². The highest BCUT2D eigenvalue weighted by Gasteiger charge is 2.22. The molecule has 110 valence electrons. The van der Waals surface area contributed by atoms with Crippen LogP contribution in [0.15, 0.2) is 48.8 Å². The molecule has 0 atom stereocenters. The zero-order chi connectivity index (χ0) is 15.3. The molecule has 2 rings (SSSR count). The Morgan fingerprint density at radius 2 is 1.95 bits per heavy atom. The van der Waals surface area contributed by atoms with Crippen molar-refractivity contribution in [1.82, 2.24) is 10.3 Å². The molecule has 2 aromatic rings. The number of rotatable bonds is 5. The number of aryl methyl sites for hydroxylation is 1. The highest BCUT2D eigenvalue weighted by molar-refractivity contribution is 6.33. The van der Waals surface area contributed by atoms with Crippen LogP contribution in [0.4, 0.5) is 0 Å². The predicted octanol–water partition coefficient (Wildman–Crippen LogP) is 3.88. The van der Waals surface area contributed by atoms with E-state index in [0.29, 0.717) is 10.6 Å². The van der Waals surface area contributed by atoms with Crippen LogP contribution in [0.25, 0.3) is 0 Å². The molecule has 1 heterocycles. The van der Waals surface area contributed by atoms with Crippen LogP contribution in [0.1, 0.15) is 36.2 Å². The van der Waals surface area contributed by atoms with E-state index < -0.39 is 0 Å². The van der Waals surface area contributed by atoms with Gasteiger partial charge in [-0.3, -0.25) is 9.78 Å². The molecule has 0 unspecified atom stereocenters. The number of nitrogens with one attached hydrogen (secondary N) is 1. The average molecular weight is 303 g/mol. The van der Waals surface area contributed by atoms with Crippen LogP contribution >= 0.6 is 11.6 Å². The van der Waals surface area contributed by atoms with Gasteiger partial charge in [-0.2, -0.15) is 0 Å². The second-order valence-electron chi connectivity index (χ2n) is 5.68. The number of nitrogens with zero attached hydrogens (tertiary/aromatic N) is 1. The standard InChI is InChI=1S/C17H19ClN2O/c1-17(2,10-8-13-6-4-3-5-7-13)20-16(21)14-12-19-11-9-15(14)18/h3-7,9,11-12H,8,10H2,1-2H3,(H,20,21). The molecule has 0 aliphatic heterocycles. The highest BCUT2D eigenvalue weighted by atomic mass is 35.5. The van der Waals surface area contributed by atoms with Gasteiger partial charge in [-0.1, -0.05) is 41.9 Å². The maximum atomic E-state index is 12.3. The van der Waals surface area contributed by atoms with Gasteiger partial charge in [0, 0.05) is 17.9 Å². The summed E-state index contributed by atoms with van der Waals surface area (Å²) in [7, 11) is 0. The molecule has 21 heavy (non-hydrogen) atoms. The van der Waals surface area contributed by atoms with Crippen LogP contribution in [0.2, 0.25) is 5.02 Å². The van der Waals surface area contributed by atoms with Crippen molar-refractivity contribution < 1.29 is 4.79 Å². The van der Waals surface area contributed by atoms with Gasteiger partial charge < -0.3 is 5.32 Å². The number of carbonyl (C=O) groups is 1. The number of hydrogen-bond acceptors (Lipinski definition) is 2. The second kappa shape index (κ2) is 6.72. The van der Waals surface area contributed by atoms with E-state index in [1.165, 1.54) is 11.8 Å². The molecule has 1 aromatic carbocycles. The summed E-state index contributed by atoms with van der Waals surface area (Å²) in [5.74, 6) is -0.189. The molecule has 0 aliphatic carbocycles. The topological polar surface area (TPSA) is 42.0 Å². The van der Waals surface area contributed by atoms with Crippen LogP contribution in [0.5, 0.6) is 0 Å². The lowest BCUT2D eigenvalue weighted by Gasteiger charge is -2.26. The minimum atomic E-state index is -0.313. The van der Waals surface area contributed by atoms with Gasteiger partial charge in [0.05, 0.1) is 10.6 Å². The molecule has 0 radical (unpaired) electrons. The first-order valence-electron chi connectivity index (χ1n) is 6.94. The molecule has 1 aromatic heterocycles. The summed E-state index contributed by atoms with van der Waals surface area (Å²) in [6.07, 6.45) is 4.82. The number of carbonyl (C=O) groups excluding carboxylic acids is 1. The van der Waals surface area contributed by atoms with E-state index in [1.807, 2.05) is 32.0 Å². The van der Waals surface area contributed by atoms with Crippen molar-refractivity contribution in [1.29, 1.82) is 0 Å². The fourth-order valence-corrected chi connectivity index (χ4v) is 2.27. The summed E-state index contributed by atoms with van der Waals surface area (Å²) in [6.45, 7) is 4.02. The molecule has 0 saturated carbocycles. The SMILES string of the molecule is CC(C)(CCc1ccccc1)NC(=O)c1cnccc1Cl. The quantitative estimate of drug-likeness (QED) is 0.911. The van der Waals surface area contributed by atoms with E-state index in [-0.39, 0.29) is 11.4 Å². The Morgan fingerprint density at radius 1 is 1.24 bits per heavy atom. The lowest BCUT2D eigenvalue weighted by atomic mass is 9.95. The normalized spacial score (nSPS) is 11.2. The van der Waals surface area contributed by atoms with Crippen molar-refractivity contribution in [2.45, 2.75) is 32.2 Å². The summed E-state index contributed by atoms with van der Waals surface area (Å²) in [4.78, 5) is 16.2. The van der Waals surface area contributed by atoms with Gasteiger partial charge in [0.2, 0.25) is 0 Å². The number of aromatic nitrogens is 1. The lowest BCUT2D eigenvalue weighted by molar-refractivity contribution is 0.0909. The molecule has 0 spiro atoms. The van der Waals surface area contributed by atoms with E-state index in [4.69, 9.17) is 11.6 Å². The zero-order valence-corrected chi connectivity index (χ0v) is 13.0. The molecule has 0 saturated heterocycles.